The largest absolute Gasteiger partial charge is 0.216 e. The summed E-state index contributed by atoms with van der Waals surface area (Å²) in [5, 5.41) is 0.120. The molecule has 1 rings (SSSR count). The van der Waals surface area contributed by atoms with Gasteiger partial charge in [-0.3, -0.25) is 0 Å². The molecule has 0 aliphatic heterocycles. The Labute approximate surface area is 99.7 Å². The van der Waals surface area contributed by atoms with Crippen LogP contribution < -0.4 is 4.72 Å². The average Bonchev–Trinajstić information content (AvgIpc) is 2.09. The molecule has 3 nitrogen and oxygen atoms in total. The van der Waals surface area contributed by atoms with Crippen LogP contribution in [0.4, 0.5) is 4.39 Å². The lowest BCUT2D eigenvalue weighted by molar-refractivity contribution is 0.564. The van der Waals surface area contributed by atoms with E-state index >= 15 is 0 Å². The maximum atomic E-state index is 13.3. The second-order valence-electron chi connectivity index (χ2n) is 3.73. The lowest BCUT2D eigenvalue weighted by Gasteiger charge is -2.10. The van der Waals surface area contributed by atoms with Gasteiger partial charge >= 0.3 is 0 Å². The summed E-state index contributed by atoms with van der Waals surface area (Å²) in [6, 6.07) is 3.86. The van der Waals surface area contributed by atoms with Crippen molar-refractivity contribution in [3.8, 4) is 0 Å². The summed E-state index contributed by atoms with van der Waals surface area (Å²) < 4.78 is 38.9. The van der Waals surface area contributed by atoms with Crippen LogP contribution in [-0.2, 0) is 15.8 Å². The molecule has 90 valence electrons. The number of benzene rings is 1. The van der Waals surface area contributed by atoms with E-state index in [0.29, 0.717) is 0 Å². The standard InChI is InChI=1S/C10H13ClFNO2S/c1-7(2)13-16(14,15)6-8-9(11)4-3-5-10(8)12/h3-5,7,13H,6H2,1-2H3. The molecule has 1 N–H and O–H groups in total. The summed E-state index contributed by atoms with van der Waals surface area (Å²) in [5.41, 5.74) is -0.00248. The lowest BCUT2D eigenvalue weighted by atomic mass is 10.2. The summed E-state index contributed by atoms with van der Waals surface area (Å²) >= 11 is 5.74. The molecule has 0 amide bonds. The van der Waals surface area contributed by atoms with Gasteiger partial charge in [-0.2, -0.15) is 0 Å². The van der Waals surface area contributed by atoms with Gasteiger partial charge in [0.1, 0.15) is 5.82 Å². The molecule has 0 atom stereocenters. The molecule has 6 heteroatoms. The van der Waals surface area contributed by atoms with Crippen LogP contribution in [0.25, 0.3) is 0 Å². The summed E-state index contributed by atoms with van der Waals surface area (Å²) in [7, 11) is -3.55. The average molecular weight is 266 g/mol. The van der Waals surface area contributed by atoms with Gasteiger partial charge in [-0.05, 0) is 26.0 Å². The molecule has 1 aromatic carbocycles. The van der Waals surface area contributed by atoms with Gasteiger partial charge in [0.15, 0.2) is 0 Å². The Morgan fingerprint density at radius 2 is 2.06 bits per heavy atom. The van der Waals surface area contributed by atoms with E-state index < -0.39 is 21.6 Å². The van der Waals surface area contributed by atoms with Crippen molar-refractivity contribution in [1.82, 2.24) is 4.72 Å². The van der Waals surface area contributed by atoms with Crippen molar-refractivity contribution in [3.63, 3.8) is 0 Å². The third kappa shape index (κ3) is 3.73. The zero-order valence-electron chi connectivity index (χ0n) is 9.00. The van der Waals surface area contributed by atoms with Crippen molar-refractivity contribution in [2.45, 2.75) is 25.6 Å². The molecular formula is C10H13ClFNO2S. The van der Waals surface area contributed by atoms with Crippen LogP contribution in [-0.4, -0.2) is 14.5 Å². The molecule has 0 radical (unpaired) electrons. The van der Waals surface area contributed by atoms with Gasteiger partial charge < -0.3 is 0 Å². The first-order valence-electron chi connectivity index (χ1n) is 4.75. The number of rotatable bonds is 4. The third-order valence-corrected chi connectivity index (χ3v) is 3.66. The smallest absolute Gasteiger partial charge is 0.212 e. The van der Waals surface area contributed by atoms with Gasteiger partial charge in [0, 0.05) is 16.6 Å². The maximum Gasteiger partial charge on any atom is 0.216 e. The molecule has 0 heterocycles. The minimum absolute atomic E-state index is 0.00248. The van der Waals surface area contributed by atoms with E-state index in [1.54, 1.807) is 13.8 Å². The highest BCUT2D eigenvalue weighted by atomic mass is 35.5. The molecule has 0 aromatic heterocycles. The number of halogens is 2. The summed E-state index contributed by atoms with van der Waals surface area (Å²) in [6.07, 6.45) is 0. The first-order valence-corrected chi connectivity index (χ1v) is 6.78. The van der Waals surface area contributed by atoms with E-state index in [4.69, 9.17) is 11.6 Å². The molecule has 16 heavy (non-hydrogen) atoms. The Hall–Kier alpha value is -0.650. The third-order valence-electron chi connectivity index (χ3n) is 1.81. The second kappa shape index (κ2) is 5.12. The highest BCUT2D eigenvalue weighted by Crippen LogP contribution is 2.20. The normalized spacial score (nSPS) is 12.1. The van der Waals surface area contributed by atoms with E-state index in [1.165, 1.54) is 18.2 Å². The van der Waals surface area contributed by atoms with Crippen molar-refractivity contribution in [1.29, 1.82) is 0 Å². The highest BCUT2D eigenvalue weighted by molar-refractivity contribution is 7.88. The first-order chi connectivity index (χ1) is 7.32. The van der Waals surface area contributed by atoms with Gasteiger partial charge in [0.25, 0.3) is 0 Å². The minimum atomic E-state index is -3.55. The predicted molar refractivity (Wildman–Crippen MR) is 62.3 cm³/mol. The molecule has 0 saturated heterocycles. The van der Waals surface area contributed by atoms with Crippen molar-refractivity contribution in [2.24, 2.45) is 0 Å². The van der Waals surface area contributed by atoms with Gasteiger partial charge in [0.2, 0.25) is 10.0 Å². The maximum absolute atomic E-state index is 13.3. The van der Waals surface area contributed by atoms with E-state index in [1.807, 2.05) is 0 Å². The fraction of sp³-hybridized carbons (Fsp3) is 0.400. The number of hydrogen-bond acceptors (Lipinski definition) is 2. The van der Waals surface area contributed by atoms with Gasteiger partial charge in [-0.15, -0.1) is 0 Å². The summed E-state index contributed by atoms with van der Waals surface area (Å²) in [6.45, 7) is 3.39. The van der Waals surface area contributed by atoms with Crippen molar-refractivity contribution >= 4 is 21.6 Å². The fourth-order valence-corrected chi connectivity index (χ4v) is 3.05. The van der Waals surface area contributed by atoms with Gasteiger partial charge in [-0.1, -0.05) is 17.7 Å². The van der Waals surface area contributed by atoms with Crippen LogP contribution in [0.2, 0.25) is 5.02 Å². The SMILES string of the molecule is CC(C)NS(=O)(=O)Cc1c(F)cccc1Cl. The predicted octanol–water partition coefficient (Wildman–Crippen LogP) is 2.31. The van der Waals surface area contributed by atoms with Crippen LogP contribution >= 0.6 is 11.6 Å². The fourth-order valence-electron chi connectivity index (χ4n) is 1.26. The monoisotopic (exact) mass is 265 g/mol. The van der Waals surface area contributed by atoms with Gasteiger partial charge in [0.05, 0.1) is 5.75 Å². The second-order valence-corrected chi connectivity index (χ2v) is 5.89. The number of nitrogens with one attached hydrogen (secondary N) is 1. The van der Waals surface area contributed by atoms with E-state index in [0.717, 1.165) is 0 Å². The Morgan fingerprint density at radius 3 is 2.56 bits per heavy atom. The zero-order valence-corrected chi connectivity index (χ0v) is 10.6. The Bertz CT molecular complexity index is 453. The molecule has 0 aliphatic rings. The van der Waals surface area contributed by atoms with E-state index in [2.05, 4.69) is 4.72 Å². The highest BCUT2D eigenvalue weighted by Gasteiger charge is 2.17. The summed E-state index contributed by atoms with van der Waals surface area (Å²) in [4.78, 5) is 0. The molecular weight excluding hydrogens is 253 g/mol. The minimum Gasteiger partial charge on any atom is -0.212 e. The van der Waals surface area contributed by atoms with Crippen molar-refractivity contribution < 1.29 is 12.8 Å². The van der Waals surface area contributed by atoms with Crippen molar-refractivity contribution in [2.75, 3.05) is 0 Å². The molecule has 1 aromatic rings. The Morgan fingerprint density at radius 1 is 1.44 bits per heavy atom. The van der Waals surface area contributed by atoms with Crippen LogP contribution in [0.3, 0.4) is 0 Å². The van der Waals surface area contributed by atoms with E-state index in [9.17, 15) is 12.8 Å². The molecule has 0 spiro atoms. The van der Waals surface area contributed by atoms with Crippen molar-refractivity contribution in [3.05, 3.63) is 34.6 Å². The Balaban J connectivity index is 2.97. The number of hydrogen-bond donors (Lipinski definition) is 1. The number of sulfonamides is 1. The zero-order chi connectivity index (χ0) is 12.3. The summed E-state index contributed by atoms with van der Waals surface area (Å²) in [5.74, 6) is -1.06. The van der Waals surface area contributed by atoms with Crippen LogP contribution in [0.15, 0.2) is 18.2 Å². The van der Waals surface area contributed by atoms with Crippen LogP contribution in [0.5, 0.6) is 0 Å². The molecule has 0 saturated carbocycles. The Kier molecular flexibility index (Phi) is 4.29. The van der Waals surface area contributed by atoms with Gasteiger partial charge in [-0.25, -0.2) is 17.5 Å². The first kappa shape index (κ1) is 13.4. The molecule has 0 fully saturated rings. The van der Waals surface area contributed by atoms with E-state index in [-0.39, 0.29) is 16.6 Å². The lowest BCUT2D eigenvalue weighted by Crippen LogP contribution is -2.31. The topological polar surface area (TPSA) is 46.2 Å². The van der Waals surface area contributed by atoms with Crippen LogP contribution in [0, 0.1) is 5.82 Å². The molecule has 0 bridgehead atoms. The van der Waals surface area contributed by atoms with Crippen LogP contribution in [0.1, 0.15) is 19.4 Å². The quantitative estimate of drug-likeness (QED) is 0.908. The molecule has 0 aliphatic carbocycles. The molecule has 0 unspecified atom stereocenters.